The second-order valence-corrected chi connectivity index (χ2v) is 6.06. The lowest BCUT2D eigenvalue weighted by Gasteiger charge is -2.23. The molecule has 0 bridgehead atoms. The average Bonchev–Trinajstić information content (AvgIpc) is 3.00. The Morgan fingerprint density at radius 2 is 2.08 bits per heavy atom. The molecule has 1 atom stereocenters. The Hall–Kier alpha value is -2.09. The summed E-state index contributed by atoms with van der Waals surface area (Å²) in [5.74, 6) is -0.973. The van der Waals surface area contributed by atoms with Gasteiger partial charge in [0, 0.05) is 5.69 Å². The summed E-state index contributed by atoms with van der Waals surface area (Å²) in [5.41, 5.74) is 1.75. The predicted octanol–water partition coefficient (Wildman–Crippen LogP) is 2.33. The van der Waals surface area contributed by atoms with E-state index in [1.54, 1.807) is 11.0 Å². The molecule has 0 radical (unpaired) electrons. The third-order valence-corrected chi connectivity index (χ3v) is 4.10. The van der Waals surface area contributed by atoms with Gasteiger partial charge in [-0.3, -0.25) is 14.5 Å². The van der Waals surface area contributed by atoms with E-state index in [-0.39, 0.29) is 12.5 Å². The van der Waals surface area contributed by atoms with E-state index in [0.29, 0.717) is 25.1 Å². The normalized spacial score (nSPS) is 18.2. The smallest absolute Gasteiger partial charge is 0.346 e. The number of halogens is 3. The van der Waals surface area contributed by atoms with Gasteiger partial charge in [0.15, 0.2) is 0 Å². The van der Waals surface area contributed by atoms with E-state index in [0.717, 1.165) is 12.0 Å². The van der Waals surface area contributed by atoms with Crippen LogP contribution in [0.5, 0.6) is 0 Å². The molecule has 0 saturated carbocycles. The molecule has 8 heteroatoms. The lowest BCUT2D eigenvalue weighted by Crippen LogP contribution is -2.47. The molecule has 1 saturated heterocycles. The third-order valence-electron chi connectivity index (χ3n) is 4.10. The predicted molar refractivity (Wildman–Crippen MR) is 88.1 cm³/mol. The summed E-state index contributed by atoms with van der Waals surface area (Å²) in [5, 5.41) is 4.66. The van der Waals surface area contributed by atoms with Gasteiger partial charge in [-0.1, -0.05) is 19.1 Å². The molecular weight excluding hydrogens is 335 g/mol. The number of aryl methyl sites for hydroxylation is 1. The summed E-state index contributed by atoms with van der Waals surface area (Å²) in [6.07, 6.45) is -2.48. The first-order valence-electron chi connectivity index (χ1n) is 8.26. The Balaban J connectivity index is 1.89. The van der Waals surface area contributed by atoms with E-state index >= 15 is 0 Å². The second-order valence-electron chi connectivity index (χ2n) is 6.06. The highest BCUT2D eigenvalue weighted by Crippen LogP contribution is 2.19. The van der Waals surface area contributed by atoms with Crippen LogP contribution in [0.4, 0.5) is 18.9 Å². The van der Waals surface area contributed by atoms with Crippen molar-refractivity contribution in [3.05, 3.63) is 29.8 Å². The van der Waals surface area contributed by atoms with Gasteiger partial charge in [-0.15, -0.1) is 0 Å². The van der Waals surface area contributed by atoms with Crippen LogP contribution in [0.2, 0.25) is 0 Å². The zero-order valence-electron chi connectivity index (χ0n) is 14.0. The standard InChI is InChI=1S/C17H22F3N3O2/c1-2-12-5-3-6-13(9-12)22-15(24)10-23-8-4-7-14(23)16(25)21-11-17(18,19)20/h3,5-6,9,14H,2,4,7-8,10-11H2,1H3,(H,21,25)(H,22,24). The largest absolute Gasteiger partial charge is 0.405 e. The molecule has 5 nitrogen and oxygen atoms in total. The van der Waals surface area contributed by atoms with Crippen molar-refractivity contribution in [2.45, 2.75) is 38.4 Å². The van der Waals surface area contributed by atoms with E-state index < -0.39 is 24.7 Å². The van der Waals surface area contributed by atoms with Crippen LogP contribution in [0.1, 0.15) is 25.3 Å². The van der Waals surface area contributed by atoms with Crippen molar-refractivity contribution in [1.82, 2.24) is 10.2 Å². The van der Waals surface area contributed by atoms with Crippen molar-refractivity contribution in [2.24, 2.45) is 0 Å². The van der Waals surface area contributed by atoms with E-state index in [9.17, 15) is 22.8 Å². The Morgan fingerprint density at radius 1 is 1.32 bits per heavy atom. The Bertz CT molecular complexity index is 619. The monoisotopic (exact) mass is 357 g/mol. The lowest BCUT2D eigenvalue weighted by atomic mass is 10.1. The van der Waals surface area contributed by atoms with Crippen LogP contribution in [0.25, 0.3) is 0 Å². The fourth-order valence-electron chi connectivity index (χ4n) is 2.87. The molecular formula is C17H22F3N3O2. The van der Waals surface area contributed by atoms with Crippen molar-refractivity contribution in [3.63, 3.8) is 0 Å². The maximum Gasteiger partial charge on any atom is 0.405 e. The van der Waals surface area contributed by atoms with E-state index in [1.807, 2.05) is 30.4 Å². The van der Waals surface area contributed by atoms with Crippen molar-refractivity contribution < 1.29 is 22.8 Å². The van der Waals surface area contributed by atoms with E-state index in [4.69, 9.17) is 0 Å². The highest BCUT2D eigenvalue weighted by atomic mass is 19.4. The number of alkyl halides is 3. The average molecular weight is 357 g/mol. The SMILES string of the molecule is CCc1cccc(NC(=O)CN2CCCC2C(=O)NCC(F)(F)F)c1. The van der Waals surface area contributed by atoms with Crippen LogP contribution in [0, 0.1) is 0 Å². The third kappa shape index (κ3) is 6.04. The first-order valence-corrected chi connectivity index (χ1v) is 8.26. The molecule has 1 aliphatic heterocycles. The van der Waals surface area contributed by atoms with Gasteiger partial charge in [0.25, 0.3) is 0 Å². The van der Waals surface area contributed by atoms with Gasteiger partial charge in [0.05, 0.1) is 12.6 Å². The van der Waals surface area contributed by atoms with Gasteiger partial charge >= 0.3 is 6.18 Å². The molecule has 0 aliphatic carbocycles. The summed E-state index contributed by atoms with van der Waals surface area (Å²) < 4.78 is 36.7. The zero-order valence-corrected chi connectivity index (χ0v) is 14.0. The van der Waals surface area contributed by atoms with Gasteiger partial charge < -0.3 is 10.6 Å². The topological polar surface area (TPSA) is 61.4 Å². The minimum Gasteiger partial charge on any atom is -0.346 e. The van der Waals surface area contributed by atoms with Crippen LogP contribution in [0.15, 0.2) is 24.3 Å². The number of nitrogens with zero attached hydrogens (tertiary/aromatic N) is 1. The molecule has 1 heterocycles. The molecule has 2 N–H and O–H groups in total. The maximum atomic E-state index is 12.2. The Labute approximate surface area is 144 Å². The molecule has 2 rings (SSSR count). The molecule has 25 heavy (non-hydrogen) atoms. The number of likely N-dealkylation sites (tertiary alicyclic amines) is 1. The molecule has 0 aromatic heterocycles. The van der Waals surface area contributed by atoms with Gasteiger partial charge in [0.1, 0.15) is 6.54 Å². The van der Waals surface area contributed by atoms with Crippen LogP contribution in [-0.4, -0.2) is 48.6 Å². The van der Waals surface area contributed by atoms with Crippen LogP contribution in [-0.2, 0) is 16.0 Å². The van der Waals surface area contributed by atoms with Gasteiger partial charge in [-0.2, -0.15) is 13.2 Å². The van der Waals surface area contributed by atoms with Gasteiger partial charge in [-0.25, -0.2) is 0 Å². The number of rotatable bonds is 6. The van der Waals surface area contributed by atoms with Crippen molar-refractivity contribution in [3.8, 4) is 0 Å². The Morgan fingerprint density at radius 3 is 2.76 bits per heavy atom. The van der Waals surface area contributed by atoms with Gasteiger partial charge in [-0.05, 0) is 43.5 Å². The summed E-state index contributed by atoms with van der Waals surface area (Å²) in [6.45, 7) is 1.13. The first-order chi connectivity index (χ1) is 11.8. The number of nitrogens with one attached hydrogen (secondary N) is 2. The molecule has 1 aliphatic rings. The number of anilines is 1. The van der Waals surface area contributed by atoms with Crippen molar-refractivity contribution in [2.75, 3.05) is 25.0 Å². The quantitative estimate of drug-likeness (QED) is 0.822. The summed E-state index contributed by atoms with van der Waals surface area (Å²) in [6, 6.07) is 6.74. The summed E-state index contributed by atoms with van der Waals surface area (Å²) >= 11 is 0. The molecule has 0 spiro atoms. The minimum absolute atomic E-state index is 0.0273. The molecule has 138 valence electrons. The van der Waals surface area contributed by atoms with E-state index in [2.05, 4.69) is 5.32 Å². The second kappa shape index (κ2) is 8.33. The maximum absolute atomic E-state index is 12.2. The highest BCUT2D eigenvalue weighted by molar-refractivity contribution is 5.93. The number of hydrogen-bond acceptors (Lipinski definition) is 3. The highest BCUT2D eigenvalue weighted by Gasteiger charge is 2.34. The van der Waals surface area contributed by atoms with Crippen molar-refractivity contribution >= 4 is 17.5 Å². The minimum atomic E-state index is -4.44. The molecule has 1 aromatic rings. The molecule has 1 aromatic carbocycles. The van der Waals surface area contributed by atoms with E-state index in [1.165, 1.54) is 0 Å². The lowest BCUT2D eigenvalue weighted by molar-refractivity contribution is -0.141. The number of carbonyl (C=O) groups is 2. The number of benzene rings is 1. The first kappa shape index (κ1) is 19.2. The Kier molecular flexibility index (Phi) is 6.41. The fourth-order valence-corrected chi connectivity index (χ4v) is 2.87. The van der Waals surface area contributed by atoms with Crippen LogP contribution in [0.3, 0.4) is 0 Å². The summed E-state index contributed by atoms with van der Waals surface area (Å²) in [7, 11) is 0. The molecule has 1 unspecified atom stereocenters. The number of amides is 2. The van der Waals surface area contributed by atoms with Crippen LogP contribution >= 0.6 is 0 Å². The number of carbonyl (C=O) groups excluding carboxylic acids is 2. The fraction of sp³-hybridized carbons (Fsp3) is 0.529. The molecule has 1 fully saturated rings. The number of hydrogen-bond donors (Lipinski definition) is 2. The summed E-state index contributed by atoms with van der Waals surface area (Å²) in [4.78, 5) is 25.7. The van der Waals surface area contributed by atoms with Gasteiger partial charge in [0.2, 0.25) is 11.8 Å². The molecule has 2 amide bonds. The van der Waals surface area contributed by atoms with Crippen LogP contribution < -0.4 is 10.6 Å². The zero-order chi connectivity index (χ0) is 18.4. The van der Waals surface area contributed by atoms with Crippen molar-refractivity contribution in [1.29, 1.82) is 0 Å².